The van der Waals surface area contributed by atoms with E-state index >= 15 is 0 Å². The van der Waals surface area contributed by atoms with E-state index in [1.54, 1.807) is 0 Å². The number of amides is 1. The molecule has 1 N–H and O–H groups in total. The van der Waals surface area contributed by atoms with Crippen molar-refractivity contribution in [1.82, 2.24) is 4.90 Å². The Bertz CT molecular complexity index is 1560. The van der Waals surface area contributed by atoms with Gasteiger partial charge in [0.15, 0.2) is 0 Å². The first-order valence-corrected chi connectivity index (χ1v) is 14.6. The zero-order chi connectivity index (χ0) is 30.6. The lowest BCUT2D eigenvalue weighted by molar-refractivity contribution is -0.138. The molecule has 1 heterocycles. The van der Waals surface area contributed by atoms with Crippen LogP contribution in [0.1, 0.15) is 76.7 Å². The molecule has 226 valence electrons. The number of halogens is 6. The van der Waals surface area contributed by atoms with Gasteiger partial charge in [-0.1, -0.05) is 61.5 Å². The van der Waals surface area contributed by atoms with Gasteiger partial charge in [0.25, 0.3) is 5.91 Å². The summed E-state index contributed by atoms with van der Waals surface area (Å²) in [5.41, 5.74) is -0.0917. The van der Waals surface area contributed by atoms with E-state index in [9.17, 15) is 31.1 Å². The molecule has 43 heavy (non-hydrogen) atoms. The molecule has 1 aliphatic heterocycles. The van der Waals surface area contributed by atoms with Gasteiger partial charge in [0, 0.05) is 23.7 Å². The Balaban J connectivity index is 1.17. The second-order valence-corrected chi connectivity index (χ2v) is 12.1. The highest BCUT2D eigenvalue weighted by molar-refractivity contribution is 6.05. The number of hydrogen-bond donors (Lipinski definition) is 1. The fourth-order valence-corrected chi connectivity index (χ4v) is 7.49. The minimum atomic E-state index is -4.78. The van der Waals surface area contributed by atoms with Crippen LogP contribution in [0.5, 0.6) is 0 Å². The van der Waals surface area contributed by atoms with E-state index < -0.39 is 35.0 Å². The van der Waals surface area contributed by atoms with E-state index in [4.69, 9.17) is 0 Å². The molecule has 0 aromatic heterocycles. The molecule has 3 nitrogen and oxygen atoms in total. The van der Waals surface area contributed by atoms with Crippen LogP contribution in [0, 0.1) is 5.92 Å². The number of alkyl halides is 6. The van der Waals surface area contributed by atoms with Gasteiger partial charge in [0.2, 0.25) is 0 Å². The molecule has 0 radical (unpaired) electrons. The number of likely N-dealkylation sites (tertiary alicyclic amines) is 1. The lowest BCUT2D eigenvalue weighted by Crippen LogP contribution is -2.50. The van der Waals surface area contributed by atoms with Crippen LogP contribution in [0.2, 0.25) is 0 Å². The predicted octanol–water partition coefficient (Wildman–Crippen LogP) is 8.92. The number of hydrogen-bond acceptors (Lipinski definition) is 2. The standard InChI is InChI=1S/C34H32F6N2O/c1-21-20-42(17-16-32(21)15-14-22-6-2-4-8-28(22)32)25-12-10-23(18-25)26-13-11-24(19-30(26)34(38,39)40)41-31(43)27-7-3-5-9-29(27)33(35,36)37/h2-9,11,13-15,19,21,23,25H,10,12,16-18,20H2,1H3,(H,41,43)/t21-,23?,25?,32?/m0/s1. The fourth-order valence-electron chi connectivity index (χ4n) is 7.49. The molecule has 1 amide bonds. The molecular formula is C34H32F6N2O. The molecule has 3 unspecified atom stereocenters. The zero-order valence-electron chi connectivity index (χ0n) is 23.6. The Hall–Kier alpha value is -3.59. The van der Waals surface area contributed by atoms with E-state index in [-0.39, 0.29) is 28.6 Å². The van der Waals surface area contributed by atoms with Crippen molar-refractivity contribution in [3.8, 4) is 0 Å². The van der Waals surface area contributed by atoms with Gasteiger partial charge < -0.3 is 10.2 Å². The quantitative estimate of drug-likeness (QED) is 0.304. The summed E-state index contributed by atoms with van der Waals surface area (Å²) in [6.45, 7) is 4.00. The highest BCUT2D eigenvalue weighted by Crippen LogP contribution is 2.49. The summed E-state index contributed by atoms with van der Waals surface area (Å²) in [4.78, 5) is 15.1. The smallest absolute Gasteiger partial charge is 0.322 e. The number of rotatable bonds is 4. The van der Waals surface area contributed by atoms with Crippen LogP contribution in [0.15, 0.2) is 72.8 Å². The first kappa shape index (κ1) is 29.5. The number of allylic oxidation sites excluding steroid dienone is 1. The Morgan fingerprint density at radius 2 is 1.63 bits per heavy atom. The van der Waals surface area contributed by atoms with Crippen molar-refractivity contribution in [3.63, 3.8) is 0 Å². The maximum atomic E-state index is 14.3. The summed E-state index contributed by atoms with van der Waals surface area (Å²) < 4.78 is 83.0. The average molecular weight is 599 g/mol. The van der Waals surface area contributed by atoms with E-state index in [0.717, 1.165) is 50.2 Å². The lowest BCUT2D eigenvalue weighted by atomic mass is 9.68. The van der Waals surface area contributed by atoms with Crippen molar-refractivity contribution in [2.45, 2.75) is 62.3 Å². The third kappa shape index (κ3) is 5.48. The average Bonchev–Trinajstić information content (AvgIpc) is 3.60. The maximum absolute atomic E-state index is 14.3. The first-order chi connectivity index (χ1) is 20.4. The van der Waals surface area contributed by atoms with E-state index in [2.05, 4.69) is 47.5 Å². The largest absolute Gasteiger partial charge is 0.417 e. The number of fused-ring (bicyclic) bond motifs is 2. The number of anilines is 1. The molecule has 4 atom stereocenters. The molecule has 2 aliphatic carbocycles. The molecule has 0 bridgehead atoms. The van der Waals surface area contributed by atoms with Crippen molar-refractivity contribution < 1.29 is 31.1 Å². The number of carbonyl (C=O) groups excluding carboxylic acids is 1. The minimum Gasteiger partial charge on any atom is -0.322 e. The summed E-state index contributed by atoms with van der Waals surface area (Å²) in [5.74, 6) is -1.07. The molecule has 9 heteroatoms. The molecule has 1 saturated carbocycles. The normalized spacial score (nSPS) is 25.7. The van der Waals surface area contributed by atoms with Crippen LogP contribution in [-0.4, -0.2) is 29.9 Å². The van der Waals surface area contributed by atoms with Gasteiger partial charge in [0.1, 0.15) is 0 Å². The van der Waals surface area contributed by atoms with Crippen molar-refractivity contribution in [2.75, 3.05) is 18.4 Å². The number of carbonyl (C=O) groups is 1. The van der Waals surface area contributed by atoms with Crippen LogP contribution in [-0.2, 0) is 17.8 Å². The number of piperidine rings is 1. The van der Waals surface area contributed by atoms with Crippen LogP contribution < -0.4 is 5.32 Å². The summed E-state index contributed by atoms with van der Waals surface area (Å²) in [7, 11) is 0. The SMILES string of the molecule is C[C@H]1CN(C2CCC(c3ccc(NC(=O)c4ccccc4C(F)(F)F)cc3C(F)(F)F)C2)CCC12C=Cc1ccccc12. The summed E-state index contributed by atoms with van der Waals surface area (Å²) in [6, 6.07) is 16.4. The lowest BCUT2D eigenvalue weighted by Gasteiger charge is -2.46. The van der Waals surface area contributed by atoms with Gasteiger partial charge in [-0.05, 0) is 85.0 Å². The van der Waals surface area contributed by atoms with Crippen LogP contribution in [0.4, 0.5) is 32.0 Å². The Morgan fingerprint density at radius 3 is 2.37 bits per heavy atom. The second-order valence-electron chi connectivity index (χ2n) is 12.1. The van der Waals surface area contributed by atoms with E-state index in [0.29, 0.717) is 18.8 Å². The molecule has 3 aromatic carbocycles. The summed E-state index contributed by atoms with van der Waals surface area (Å²) in [5, 5.41) is 2.24. The molecule has 1 saturated heterocycles. The molecule has 3 aliphatic rings. The third-order valence-electron chi connectivity index (χ3n) is 9.68. The Kier molecular flexibility index (Phi) is 7.43. The fraction of sp³-hybridized carbons (Fsp3) is 0.382. The van der Waals surface area contributed by atoms with Gasteiger partial charge in [-0.15, -0.1) is 0 Å². The van der Waals surface area contributed by atoms with Crippen molar-refractivity contribution >= 4 is 17.7 Å². The number of nitrogens with one attached hydrogen (secondary N) is 1. The highest BCUT2D eigenvalue weighted by atomic mass is 19.4. The van der Waals surface area contributed by atoms with Crippen molar-refractivity contribution in [3.05, 3.63) is 106 Å². The van der Waals surface area contributed by atoms with E-state index in [1.165, 1.54) is 29.3 Å². The maximum Gasteiger partial charge on any atom is 0.417 e. The summed E-state index contributed by atoms with van der Waals surface area (Å²) in [6.07, 6.45) is -1.98. The Morgan fingerprint density at radius 1 is 0.907 bits per heavy atom. The molecule has 2 fully saturated rings. The predicted molar refractivity (Wildman–Crippen MR) is 154 cm³/mol. The monoisotopic (exact) mass is 598 g/mol. The Labute approximate surface area is 246 Å². The van der Waals surface area contributed by atoms with Gasteiger partial charge in [-0.2, -0.15) is 26.3 Å². The molecule has 1 spiro atoms. The summed E-state index contributed by atoms with van der Waals surface area (Å²) >= 11 is 0. The van der Waals surface area contributed by atoms with Crippen molar-refractivity contribution in [2.24, 2.45) is 5.92 Å². The van der Waals surface area contributed by atoms with E-state index in [1.807, 2.05) is 6.07 Å². The minimum absolute atomic E-state index is 0.00453. The molecule has 3 aromatic rings. The van der Waals surface area contributed by atoms with Crippen LogP contribution >= 0.6 is 0 Å². The van der Waals surface area contributed by atoms with Gasteiger partial charge in [0.05, 0.1) is 16.7 Å². The van der Waals surface area contributed by atoms with Crippen LogP contribution in [0.25, 0.3) is 6.08 Å². The molecule has 6 rings (SSSR count). The number of nitrogens with zero attached hydrogens (tertiary/aromatic N) is 1. The molecular weight excluding hydrogens is 566 g/mol. The third-order valence-corrected chi connectivity index (χ3v) is 9.68. The highest BCUT2D eigenvalue weighted by Gasteiger charge is 2.46. The zero-order valence-corrected chi connectivity index (χ0v) is 23.6. The first-order valence-electron chi connectivity index (χ1n) is 14.6. The second kappa shape index (κ2) is 10.8. The van der Waals surface area contributed by atoms with Gasteiger partial charge >= 0.3 is 12.4 Å². The van der Waals surface area contributed by atoms with Gasteiger partial charge in [-0.3, -0.25) is 4.79 Å². The van der Waals surface area contributed by atoms with Crippen LogP contribution in [0.3, 0.4) is 0 Å². The van der Waals surface area contributed by atoms with Gasteiger partial charge in [-0.25, -0.2) is 0 Å². The van der Waals surface area contributed by atoms with Crippen molar-refractivity contribution in [1.29, 1.82) is 0 Å². The topological polar surface area (TPSA) is 32.3 Å². The number of benzene rings is 3.